The molecule has 1 aromatic heterocycles. The van der Waals surface area contributed by atoms with E-state index < -0.39 is 6.04 Å². The number of nitrogens with two attached hydrogens (primary N) is 1. The number of ketones is 1. The van der Waals surface area contributed by atoms with Gasteiger partial charge in [-0.25, -0.2) is 0 Å². The van der Waals surface area contributed by atoms with Crippen LogP contribution in [0, 0.1) is 12.8 Å². The first kappa shape index (κ1) is 12.7. The fraction of sp³-hybridized carbons (Fsp3) is 0.333. The number of fused-ring (bicyclic) bond motifs is 1. The van der Waals surface area contributed by atoms with Crippen molar-refractivity contribution in [1.29, 1.82) is 0 Å². The molecule has 0 fully saturated rings. The van der Waals surface area contributed by atoms with E-state index in [4.69, 9.17) is 5.73 Å². The maximum atomic E-state index is 12.2. The zero-order valence-electron chi connectivity index (χ0n) is 11.0. The molecule has 94 valence electrons. The van der Waals surface area contributed by atoms with Crippen molar-refractivity contribution in [2.75, 3.05) is 0 Å². The van der Waals surface area contributed by atoms with Crippen molar-refractivity contribution in [3.05, 3.63) is 41.6 Å². The molecule has 2 N–H and O–H groups in total. The minimum absolute atomic E-state index is 0.00697. The highest BCUT2D eigenvalue weighted by atomic mass is 16.1. The lowest BCUT2D eigenvalue weighted by Gasteiger charge is -2.14. The van der Waals surface area contributed by atoms with Gasteiger partial charge in [0.25, 0.3) is 0 Å². The Bertz CT molecular complexity index is 590. The van der Waals surface area contributed by atoms with Crippen LogP contribution in [0.15, 0.2) is 30.3 Å². The van der Waals surface area contributed by atoms with Gasteiger partial charge in [-0.2, -0.15) is 0 Å². The smallest absolute Gasteiger partial charge is 0.179 e. The van der Waals surface area contributed by atoms with Crippen molar-refractivity contribution >= 4 is 16.7 Å². The fourth-order valence-electron chi connectivity index (χ4n) is 1.88. The van der Waals surface area contributed by atoms with Crippen LogP contribution in [0.1, 0.15) is 29.9 Å². The average Bonchev–Trinajstić information content (AvgIpc) is 2.36. The molecule has 1 heterocycles. The molecule has 1 aromatic carbocycles. The predicted octanol–water partition coefficient (Wildman–Crippen LogP) is 2.71. The molecule has 0 bridgehead atoms. The highest BCUT2D eigenvalue weighted by Gasteiger charge is 2.19. The normalized spacial score (nSPS) is 12.9. The summed E-state index contributed by atoms with van der Waals surface area (Å²) in [5.41, 5.74) is 8.44. The number of aryl methyl sites for hydroxylation is 1. The first-order valence-electron chi connectivity index (χ1n) is 6.16. The number of Topliss-reactive ketones (excluding diaryl/α,β-unsaturated/α-hetero) is 1. The molecule has 2 aromatic rings. The van der Waals surface area contributed by atoms with Crippen molar-refractivity contribution in [2.24, 2.45) is 11.7 Å². The van der Waals surface area contributed by atoms with Gasteiger partial charge in [-0.05, 0) is 37.1 Å². The maximum absolute atomic E-state index is 12.2. The molecule has 0 saturated carbocycles. The van der Waals surface area contributed by atoms with Crippen molar-refractivity contribution in [2.45, 2.75) is 26.8 Å². The van der Waals surface area contributed by atoms with Crippen LogP contribution in [0.3, 0.4) is 0 Å². The van der Waals surface area contributed by atoms with Crippen LogP contribution in [0.4, 0.5) is 0 Å². The second-order valence-corrected chi connectivity index (χ2v) is 4.99. The largest absolute Gasteiger partial charge is 0.321 e. The van der Waals surface area contributed by atoms with E-state index in [9.17, 15) is 4.79 Å². The average molecular weight is 242 g/mol. The Balaban J connectivity index is 2.41. The van der Waals surface area contributed by atoms with Crippen molar-refractivity contribution in [3.8, 4) is 0 Å². The molecule has 0 spiro atoms. The number of carbonyl (C=O) groups is 1. The Morgan fingerprint density at radius 2 is 1.94 bits per heavy atom. The summed E-state index contributed by atoms with van der Waals surface area (Å²) in [5.74, 6) is 0.136. The first-order valence-corrected chi connectivity index (χ1v) is 6.16. The van der Waals surface area contributed by atoms with E-state index in [2.05, 4.69) is 4.98 Å². The lowest BCUT2D eigenvalue weighted by molar-refractivity contribution is 0.0940. The van der Waals surface area contributed by atoms with Crippen LogP contribution in [-0.2, 0) is 0 Å². The second kappa shape index (κ2) is 4.86. The zero-order valence-corrected chi connectivity index (χ0v) is 11.0. The highest BCUT2D eigenvalue weighted by molar-refractivity contribution is 6.02. The monoisotopic (exact) mass is 242 g/mol. The summed E-state index contributed by atoms with van der Waals surface area (Å²) in [5, 5.41) is 0.974. The van der Waals surface area contributed by atoms with Gasteiger partial charge in [0.05, 0.1) is 11.6 Å². The van der Waals surface area contributed by atoms with Gasteiger partial charge in [0.1, 0.15) is 0 Å². The lowest BCUT2D eigenvalue weighted by Crippen LogP contribution is -2.35. The minimum atomic E-state index is -0.444. The van der Waals surface area contributed by atoms with Crippen LogP contribution in [0.2, 0.25) is 0 Å². The molecule has 1 unspecified atom stereocenters. The van der Waals surface area contributed by atoms with Gasteiger partial charge in [0.2, 0.25) is 0 Å². The van der Waals surface area contributed by atoms with Crippen molar-refractivity contribution < 1.29 is 4.79 Å². The van der Waals surface area contributed by atoms with Crippen LogP contribution in [-0.4, -0.2) is 16.8 Å². The maximum Gasteiger partial charge on any atom is 0.179 e. The first-order chi connectivity index (χ1) is 8.49. The third-order valence-corrected chi connectivity index (χ3v) is 3.13. The summed E-state index contributed by atoms with van der Waals surface area (Å²) in [6.45, 7) is 5.86. The SMILES string of the molecule is Cc1ccc2cc(C(=O)C(N)C(C)C)ccc2n1. The molecule has 0 amide bonds. The summed E-state index contributed by atoms with van der Waals surface area (Å²) in [6.07, 6.45) is 0. The number of carbonyl (C=O) groups excluding carboxylic acids is 1. The molecular weight excluding hydrogens is 224 g/mol. The number of benzene rings is 1. The van der Waals surface area contributed by atoms with Gasteiger partial charge in [0.15, 0.2) is 5.78 Å². The molecule has 3 heteroatoms. The summed E-state index contributed by atoms with van der Waals surface area (Å²) < 4.78 is 0. The van der Waals surface area contributed by atoms with E-state index in [0.717, 1.165) is 16.6 Å². The second-order valence-electron chi connectivity index (χ2n) is 4.99. The molecule has 0 aliphatic rings. The summed E-state index contributed by atoms with van der Waals surface area (Å²) in [6, 6.07) is 9.03. The molecule has 2 rings (SSSR count). The summed E-state index contributed by atoms with van der Waals surface area (Å²) >= 11 is 0. The van der Waals surface area contributed by atoms with Crippen LogP contribution < -0.4 is 5.73 Å². The van der Waals surface area contributed by atoms with Crippen LogP contribution in [0.25, 0.3) is 10.9 Å². The standard InChI is InChI=1S/C15H18N2O/c1-9(2)14(16)15(18)12-6-7-13-11(8-12)5-4-10(3)17-13/h4-9,14H,16H2,1-3H3. The number of rotatable bonds is 3. The van der Waals surface area contributed by atoms with Crippen molar-refractivity contribution in [1.82, 2.24) is 4.98 Å². The van der Waals surface area contributed by atoms with E-state index in [1.807, 2.05) is 45.0 Å². The van der Waals surface area contributed by atoms with E-state index in [-0.39, 0.29) is 11.7 Å². The topological polar surface area (TPSA) is 56.0 Å². The Kier molecular flexibility index (Phi) is 3.43. The quantitative estimate of drug-likeness (QED) is 0.842. The Morgan fingerprint density at radius 1 is 1.22 bits per heavy atom. The minimum Gasteiger partial charge on any atom is -0.321 e. The number of nitrogens with zero attached hydrogens (tertiary/aromatic N) is 1. The Morgan fingerprint density at radius 3 is 2.61 bits per heavy atom. The predicted molar refractivity (Wildman–Crippen MR) is 73.6 cm³/mol. The number of hydrogen-bond acceptors (Lipinski definition) is 3. The molecular formula is C15H18N2O. The molecule has 3 nitrogen and oxygen atoms in total. The molecule has 0 aliphatic carbocycles. The van der Waals surface area contributed by atoms with Gasteiger partial charge in [0, 0.05) is 16.6 Å². The van der Waals surface area contributed by atoms with E-state index in [1.54, 1.807) is 6.07 Å². The number of pyridine rings is 1. The highest BCUT2D eigenvalue weighted by Crippen LogP contribution is 2.17. The van der Waals surface area contributed by atoms with E-state index in [1.165, 1.54) is 0 Å². The van der Waals surface area contributed by atoms with Crippen LogP contribution in [0.5, 0.6) is 0 Å². The molecule has 18 heavy (non-hydrogen) atoms. The van der Waals surface area contributed by atoms with E-state index in [0.29, 0.717) is 5.56 Å². The Labute approximate surface area is 107 Å². The zero-order chi connectivity index (χ0) is 13.3. The molecule has 1 atom stereocenters. The fourth-order valence-corrected chi connectivity index (χ4v) is 1.88. The number of aromatic nitrogens is 1. The number of hydrogen-bond donors (Lipinski definition) is 1. The van der Waals surface area contributed by atoms with Gasteiger partial charge >= 0.3 is 0 Å². The third-order valence-electron chi connectivity index (χ3n) is 3.13. The molecule has 0 radical (unpaired) electrons. The Hall–Kier alpha value is -1.74. The van der Waals surface area contributed by atoms with Crippen molar-refractivity contribution in [3.63, 3.8) is 0 Å². The van der Waals surface area contributed by atoms with Gasteiger partial charge in [-0.15, -0.1) is 0 Å². The van der Waals surface area contributed by atoms with E-state index >= 15 is 0 Å². The van der Waals surface area contributed by atoms with Gasteiger partial charge in [-0.3, -0.25) is 9.78 Å². The molecule has 0 saturated heterocycles. The summed E-state index contributed by atoms with van der Waals surface area (Å²) in [7, 11) is 0. The van der Waals surface area contributed by atoms with Gasteiger partial charge in [-0.1, -0.05) is 19.9 Å². The summed E-state index contributed by atoms with van der Waals surface area (Å²) in [4.78, 5) is 16.6. The van der Waals surface area contributed by atoms with Crippen LogP contribution >= 0.6 is 0 Å². The third kappa shape index (κ3) is 2.41. The molecule has 0 aliphatic heterocycles. The van der Waals surface area contributed by atoms with Gasteiger partial charge < -0.3 is 5.73 Å². The lowest BCUT2D eigenvalue weighted by atomic mass is 9.95.